The second kappa shape index (κ2) is 6.48. The Hall–Kier alpha value is -0.940. The Morgan fingerprint density at radius 1 is 1.37 bits per heavy atom. The molecule has 19 heavy (non-hydrogen) atoms. The number of aromatic nitrogens is 2. The predicted molar refractivity (Wildman–Crippen MR) is 70.6 cm³/mol. The van der Waals surface area contributed by atoms with Crippen LogP contribution in [0.1, 0.15) is 57.3 Å². The normalized spacial score (nSPS) is 20.1. The fraction of sp³-hybridized carbons (Fsp3) is 0.857. The molecule has 0 aliphatic heterocycles. The van der Waals surface area contributed by atoms with Crippen LogP contribution in [0, 0.1) is 11.8 Å². The SMILES string of the molecule is COC(c1noc(CC(O)C2CCCC2)n1)C(C)C. The lowest BCUT2D eigenvalue weighted by atomic mass is 9.98. The summed E-state index contributed by atoms with van der Waals surface area (Å²) in [5.74, 6) is 1.76. The van der Waals surface area contributed by atoms with Gasteiger partial charge in [-0.25, -0.2) is 0 Å². The zero-order valence-corrected chi connectivity index (χ0v) is 12.0. The van der Waals surface area contributed by atoms with Gasteiger partial charge < -0.3 is 14.4 Å². The number of ether oxygens (including phenoxy) is 1. The first-order chi connectivity index (χ1) is 9.11. The van der Waals surface area contributed by atoms with Gasteiger partial charge in [0.15, 0.2) is 0 Å². The zero-order valence-electron chi connectivity index (χ0n) is 12.0. The van der Waals surface area contributed by atoms with Crippen LogP contribution in [0.4, 0.5) is 0 Å². The summed E-state index contributed by atoms with van der Waals surface area (Å²) in [5.41, 5.74) is 0. The van der Waals surface area contributed by atoms with Crippen LogP contribution in [0.2, 0.25) is 0 Å². The van der Waals surface area contributed by atoms with E-state index in [1.54, 1.807) is 7.11 Å². The summed E-state index contributed by atoms with van der Waals surface area (Å²) >= 11 is 0. The van der Waals surface area contributed by atoms with Crippen molar-refractivity contribution in [2.75, 3.05) is 7.11 Å². The van der Waals surface area contributed by atoms with E-state index in [2.05, 4.69) is 24.0 Å². The highest BCUT2D eigenvalue weighted by atomic mass is 16.5. The van der Waals surface area contributed by atoms with E-state index in [1.807, 2.05) is 0 Å². The molecule has 1 heterocycles. The summed E-state index contributed by atoms with van der Waals surface area (Å²) in [6.07, 6.45) is 4.58. The molecule has 108 valence electrons. The van der Waals surface area contributed by atoms with Crippen LogP contribution >= 0.6 is 0 Å². The minimum Gasteiger partial charge on any atom is -0.392 e. The molecule has 5 nitrogen and oxygen atoms in total. The number of rotatable bonds is 6. The van der Waals surface area contributed by atoms with Gasteiger partial charge in [0.25, 0.3) is 0 Å². The van der Waals surface area contributed by atoms with Crippen molar-refractivity contribution in [3.8, 4) is 0 Å². The maximum atomic E-state index is 10.2. The quantitative estimate of drug-likeness (QED) is 0.858. The van der Waals surface area contributed by atoms with Gasteiger partial charge in [0.05, 0.1) is 12.5 Å². The van der Waals surface area contributed by atoms with Gasteiger partial charge in [-0.2, -0.15) is 4.98 Å². The Bertz CT molecular complexity index is 386. The van der Waals surface area contributed by atoms with Crippen molar-refractivity contribution in [2.45, 2.75) is 58.2 Å². The minimum atomic E-state index is -0.365. The minimum absolute atomic E-state index is 0.152. The van der Waals surface area contributed by atoms with Gasteiger partial charge in [0.2, 0.25) is 11.7 Å². The number of nitrogens with zero attached hydrogens (tertiary/aromatic N) is 2. The lowest BCUT2D eigenvalue weighted by Crippen LogP contribution is -2.20. The molecule has 0 bridgehead atoms. The molecule has 2 rings (SSSR count). The van der Waals surface area contributed by atoms with Crippen molar-refractivity contribution >= 4 is 0 Å². The molecule has 0 spiro atoms. The summed E-state index contributed by atoms with van der Waals surface area (Å²) in [4.78, 5) is 4.35. The first-order valence-corrected chi connectivity index (χ1v) is 7.15. The van der Waals surface area contributed by atoms with Crippen molar-refractivity contribution in [1.82, 2.24) is 10.1 Å². The molecule has 1 aliphatic carbocycles. The van der Waals surface area contributed by atoms with Crippen LogP contribution in [0.15, 0.2) is 4.52 Å². The first kappa shape index (κ1) is 14.5. The molecule has 5 heteroatoms. The third-order valence-electron chi connectivity index (χ3n) is 3.93. The molecular formula is C14H24N2O3. The summed E-state index contributed by atoms with van der Waals surface area (Å²) in [5, 5.41) is 14.1. The van der Waals surface area contributed by atoms with E-state index < -0.39 is 0 Å². The molecule has 2 atom stereocenters. The standard InChI is InChI=1S/C14H24N2O3/c1-9(2)13(18-3)14-15-12(19-16-14)8-11(17)10-6-4-5-7-10/h9-11,13,17H,4-8H2,1-3H3. The molecule has 1 aromatic heterocycles. The number of hydrogen-bond acceptors (Lipinski definition) is 5. The lowest BCUT2D eigenvalue weighted by molar-refractivity contribution is 0.0555. The molecule has 0 saturated heterocycles. The number of aliphatic hydroxyl groups excluding tert-OH is 1. The Morgan fingerprint density at radius 2 is 2.05 bits per heavy atom. The Labute approximate surface area is 114 Å². The van der Waals surface area contributed by atoms with Gasteiger partial charge in [-0.1, -0.05) is 31.8 Å². The maximum absolute atomic E-state index is 10.2. The molecule has 0 amide bonds. The number of methoxy groups -OCH3 is 1. The zero-order chi connectivity index (χ0) is 13.8. The largest absolute Gasteiger partial charge is 0.392 e. The molecule has 1 aliphatic rings. The Morgan fingerprint density at radius 3 is 2.63 bits per heavy atom. The van der Waals surface area contributed by atoms with Gasteiger partial charge in [-0.3, -0.25) is 0 Å². The lowest BCUT2D eigenvalue weighted by Gasteiger charge is -2.15. The molecular weight excluding hydrogens is 244 g/mol. The number of aliphatic hydroxyl groups is 1. The summed E-state index contributed by atoms with van der Waals surface area (Å²) in [6.45, 7) is 4.11. The molecule has 1 aromatic rings. The average Bonchev–Trinajstić information content (AvgIpc) is 3.00. The van der Waals surface area contributed by atoms with E-state index in [0.29, 0.717) is 24.1 Å². The predicted octanol–water partition coefficient (Wildman–Crippen LogP) is 2.51. The van der Waals surface area contributed by atoms with Crippen LogP contribution in [0.5, 0.6) is 0 Å². The van der Waals surface area contributed by atoms with E-state index in [1.165, 1.54) is 12.8 Å². The highest BCUT2D eigenvalue weighted by Gasteiger charge is 2.26. The van der Waals surface area contributed by atoms with E-state index in [0.717, 1.165) is 12.8 Å². The van der Waals surface area contributed by atoms with E-state index in [-0.39, 0.29) is 18.1 Å². The second-order valence-electron chi connectivity index (χ2n) is 5.76. The highest BCUT2D eigenvalue weighted by Crippen LogP contribution is 2.29. The van der Waals surface area contributed by atoms with Crippen LogP contribution < -0.4 is 0 Å². The smallest absolute Gasteiger partial charge is 0.229 e. The Balaban J connectivity index is 1.96. The van der Waals surface area contributed by atoms with Gasteiger partial charge in [0, 0.05) is 7.11 Å². The van der Waals surface area contributed by atoms with E-state index in [4.69, 9.17) is 9.26 Å². The fourth-order valence-corrected chi connectivity index (χ4v) is 2.83. The summed E-state index contributed by atoms with van der Waals surface area (Å²) < 4.78 is 10.6. The average molecular weight is 268 g/mol. The van der Waals surface area contributed by atoms with Gasteiger partial charge in [-0.15, -0.1) is 0 Å². The topological polar surface area (TPSA) is 68.4 Å². The van der Waals surface area contributed by atoms with Crippen molar-refractivity contribution < 1.29 is 14.4 Å². The van der Waals surface area contributed by atoms with Crippen LogP contribution in [0.3, 0.4) is 0 Å². The summed E-state index contributed by atoms with van der Waals surface area (Å²) in [6, 6.07) is 0. The monoisotopic (exact) mass is 268 g/mol. The van der Waals surface area contributed by atoms with Crippen LogP contribution in [0.25, 0.3) is 0 Å². The van der Waals surface area contributed by atoms with E-state index in [9.17, 15) is 5.11 Å². The van der Waals surface area contributed by atoms with Gasteiger partial charge in [-0.05, 0) is 24.7 Å². The highest BCUT2D eigenvalue weighted by molar-refractivity contribution is 4.94. The van der Waals surface area contributed by atoms with Crippen LogP contribution in [-0.4, -0.2) is 28.5 Å². The van der Waals surface area contributed by atoms with Crippen molar-refractivity contribution in [2.24, 2.45) is 11.8 Å². The third kappa shape index (κ3) is 3.54. The third-order valence-corrected chi connectivity index (χ3v) is 3.93. The molecule has 1 fully saturated rings. The van der Waals surface area contributed by atoms with Gasteiger partial charge in [0.1, 0.15) is 6.10 Å². The van der Waals surface area contributed by atoms with Gasteiger partial charge >= 0.3 is 0 Å². The Kier molecular flexibility index (Phi) is 4.93. The molecule has 1 N–H and O–H groups in total. The molecule has 0 radical (unpaired) electrons. The molecule has 0 aromatic carbocycles. The maximum Gasteiger partial charge on any atom is 0.229 e. The second-order valence-corrected chi connectivity index (χ2v) is 5.76. The summed E-state index contributed by atoms with van der Waals surface area (Å²) in [7, 11) is 1.65. The van der Waals surface area contributed by atoms with Crippen molar-refractivity contribution in [1.29, 1.82) is 0 Å². The van der Waals surface area contributed by atoms with E-state index >= 15 is 0 Å². The number of hydrogen-bond donors (Lipinski definition) is 1. The van der Waals surface area contributed by atoms with Crippen molar-refractivity contribution in [3.63, 3.8) is 0 Å². The molecule has 2 unspecified atom stereocenters. The van der Waals surface area contributed by atoms with Crippen LogP contribution in [-0.2, 0) is 11.2 Å². The fourth-order valence-electron chi connectivity index (χ4n) is 2.83. The first-order valence-electron chi connectivity index (χ1n) is 7.15. The molecule has 1 saturated carbocycles. The van der Waals surface area contributed by atoms with Crippen molar-refractivity contribution in [3.05, 3.63) is 11.7 Å².